The molecule has 12 amide bonds. The van der Waals surface area contributed by atoms with E-state index in [1.165, 1.54) is 24.3 Å². The van der Waals surface area contributed by atoms with E-state index in [0.29, 0.717) is 24.3 Å². The van der Waals surface area contributed by atoms with E-state index in [1.807, 2.05) is 20.8 Å². The molecule has 3 aromatic carbocycles. The second kappa shape index (κ2) is 29.1. The van der Waals surface area contributed by atoms with Crippen molar-refractivity contribution in [3.05, 3.63) is 93.8 Å². The Kier molecular flexibility index (Phi) is 22.6. The van der Waals surface area contributed by atoms with Crippen LogP contribution in [0.25, 0.3) is 0 Å². The van der Waals surface area contributed by atoms with E-state index in [2.05, 4.69) is 26.6 Å². The van der Waals surface area contributed by atoms with Gasteiger partial charge in [-0.1, -0.05) is 18.2 Å². The number of esters is 2. The van der Waals surface area contributed by atoms with Crippen molar-refractivity contribution in [1.82, 2.24) is 30.7 Å². The molecule has 3 fully saturated rings. The van der Waals surface area contributed by atoms with Gasteiger partial charge >= 0.3 is 17.9 Å². The van der Waals surface area contributed by atoms with Gasteiger partial charge in [-0.2, -0.15) is 0 Å². The average molecular weight is 1210 g/mol. The van der Waals surface area contributed by atoms with E-state index >= 15 is 0 Å². The van der Waals surface area contributed by atoms with Gasteiger partial charge in [0.2, 0.25) is 35.4 Å². The molecule has 6 aliphatic heterocycles. The van der Waals surface area contributed by atoms with Crippen LogP contribution in [0.5, 0.6) is 0 Å². The molecule has 6 heterocycles. The Morgan fingerprint density at radius 3 is 1.20 bits per heavy atom. The standard InChI is InChI=1S/C20H23N3O6.C16H15N3O6.C13H9FN2O4.C7H15NO2.CH2O2/c1-20(2,3)29-15(25)9-10-21-12-6-4-5-11-16(12)19(28)23(18(11)27)13-7-8-14(24)22-17(13)26;20-11-5-4-10(14(23)18-11)19-15(24)8-2-1-3-9(13(8)16(19)25)17-7-6-12(21)22;14-7-3-1-2-6-10(7)13(20)16(12(6)19)8-4-5-9(17)15-11(8)18;1-7(2,3)10-6(9)4-5-8;2-1-3/h4-6,13,21H,7-10H2,1-3H3,(H,22,24,26);1-3,10,17H,4-7H2,(H,21,22)(H,18,20,23);1-3,8H,4-5H2,(H,15,17,18);4-5,8H2,1-3H3;1H,(H,2,3). The van der Waals surface area contributed by atoms with Crippen molar-refractivity contribution in [3.8, 4) is 0 Å². The number of carbonyl (C=O) groups is 16. The lowest BCUT2D eigenvalue weighted by Gasteiger charge is -2.27. The van der Waals surface area contributed by atoms with Crippen molar-refractivity contribution < 1.29 is 101 Å². The normalized spacial score (nSPS) is 18.5. The third-order valence-electron chi connectivity index (χ3n) is 12.8. The summed E-state index contributed by atoms with van der Waals surface area (Å²) in [6.45, 7) is 11.2. The molecule has 87 heavy (non-hydrogen) atoms. The first-order valence-corrected chi connectivity index (χ1v) is 27.0. The maximum absolute atomic E-state index is 13.7. The molecule has 0 bridgehead atoms. The van der Waals surface area contributed by atoms with Gasteiger partial charge in [0.05, 0.1) is 52.6 Å². The van der Waals surface area contributed by atoms with Crippen LogP contribution in [0.3, 0.4) is 0 Å². The lowest BCUT2D eigenvalue weighted by Crippen LogP contribution is -2.54. The number of fused-ring (bicyclic) bond motifs is 3. The molecule has 0 radical (unpaired) electrons. The van der Waals surface area contributed by atoms with Gasteiger partial charge in [0, 0.05) is 50.3 Å². The molecule has 3 saturated heterocycles. The van der Waals surface area contributed by atoms with Crippen molar-refractivity contribution >= 4 is 107 Å². The minimum Gasteiger partial charge on any atom is -0.483 e. The zero-order chi connectivity index (χ0) is 64.8. The molecule has 0 aliphatic carbocycles. The predicted molar refractivity (Wildman–Crippen MR) is 297 cm³/mol. The maximum Gasteiger partial charge on any atom is 0.308 e. The lowest BCUT2D eigenvalue weighted by molar-refractivity contribution is -0.155. The first kappa shape index (κ1) is 67.7. The van der Waals surface area contributed by atoms with Crippen molar-refractivity contribution in [3.63, 3.8) is 0 Å². The fraction of sp³-hybridized carbons (Fsp3) is 0.404. The van der Waals surface area contributed by atoms with Gasteiger partial charge in [0.1, 0.15) is 35.1 Å². The van der Waals surface area contributed by atoms with Gasteiger partial charge in [0.25, 0.3) is 41.9 Å². The molecule has 9 rings (SSSR count). The third kappa shape index (κ3) is 17.0. The van der Waals surface area contributed by atoms with Gasteiger partial charge in [-0.3, -0.25) is 107 Å². The first-order chi connectivity index (χ1) is 40.8. The average Bonchev–Trinajstić information content (AvgIpc) is 1.86. The Hall–Kier alpha value is -10.1. The highest BCUT2D eigenvalue weighted by Gasteiger charge is 2.48. The van der Waals surface area contributed by atoms with E-state index in [-0.39, 0.29) is 122 Å². The number of imide groups is 6. The Bertz CT molecular complexity index is 3330. The molecular weight excluding hydrogens is 1150 g/mol. The second-order valence-corrected chi connectivity index (χ2v) is 21.5. The number of aliphatic carboxylic acids is 1. The molecule has 0 spiro atoms. The molecule has 3 atom stereocenters. The number of hydrogen-bond donors (Lipinski definition) is 8. The van der Waals surface area contributed by atoms with Crippen LogP contribution in [0.1, 0.15) is 161 Å². The number of carboxylic acids is 1. The number of anilines is 2. The summed E-state index contributed by atoms with van der Waals surface area (Å²) in [7, 11) is 0. The number of piperidine rings is 3. The van der Waals surface area contributed by atoms with Crippen LogP contribution in [0.2, 0.25) is 0 Å². The summed E-state index contributed by atoms with van der Waals surface area (Å²) in [5.74, 6) is -9.70. The van der Waals surface area contributed by atoms with Gasteiger partial charge in [-0.25, -0.2) is 4.39 Å². The summed E-state index contributed by atoms with van der Waals surface area (Å²) in [6, 6.07) is 10.0. The number of amides is 12. The summed E-state index contributed by atoms with van der Waals surface area (Å²) in [5.41, 5.74) is 5.15. The van der Waals surface area contributed by atoms with Gasteiger partial charge in [-0.05, 0) is 97.2 Å². The zero-order valence-electron chi connectivity index (χ0n) is 48.0. The molecule has 3 unspecified atom stereocenters. The van der Waals surface area contributed by atoms with Crippen LogP contribution >= 0.6 is 0 Å². The molecular formula is C57H64FN9O20. The van der Waals surface area contributed by atoms with Crippen LogP contribution < -0.4 is 32.3 Å². The molecule has 0 saturated carbocycles. The fourth-order valence-electron chi connectivity index (χ4n) is 9.30. The zero-order valence-corrected chi connectivity index (χ0v) is 48.0. The number of carbonyl (C=O) groups excluding carboxylic acids is 14. The van der Waals surface area contributed by atoms with Gasteiger partial charge < -0.3 is 36.1 Å². The highest BCUT2D eigenvalue weighted by atomic mass is 19.1. The number of nitrogens with two attached hydrogens (primary N) is 1. The summed E-state index contributed by atoms with van der Waals surface area (Å²) in [6.07, 6.45) is 0.609. The second-order valence-electron chi connectivity index (χ2n) is 21.5. The van der Waals surface area contributed by atoms with Crippen LogP contribution in [0.4, 0.5) is 15.8 Å². The topological polar surface area (TPSA) is 428 Å². The number of nitrogens with zero attached hydrogens (tertiary/aromatic N) is 3. The highest BCUT2D eigenvalue weighted by molar-refractivity contribution is 6.27. The molecule has 30 heteroatoms. The molecule has 3 aromatic rings. The maximum atomic E-state index is 13.7. The largest absolute Gasteiger partial charge is 0.483 e. The Balaban J connectivity index is 0.000000218. The van der Waals surface area contributed by atoms with Gasteiger partial charge in [0.15, 0.2) is 0 Å². The lowest BCUT2D eigenvalue weighted by atomic mass is 10.0. The van der Waals surface area contributed by atoms with Crippen LogP contribution in [-0.4, -0.2) is 169 Å². The highest BCUT2D eigenvalue weighted by Crippen LogP contribution is 2.35. The number of nitrogens with one attached hydrogen (secondary N) is 5. The molecule has 464 valence electrons. The third-order valence-corrected chi connectivity index (χ3v) is 12.8. The smallest absolute Gasteiger partial charge is 0.308 e. The van der Waals surface area contributed by atoms with Crippen molar-refractivity contribution in [2.24, 2.45) is 5.73 Å². The van der Waals surface area contributed by atoms with E-state index in [1.54, 1.807) is 45.0 Å². The number of rotatable bonds is 13. The quantitative estimate of drug-likeness (QED) is 0.0687. The van der Waals surface area contributed by atoms with E-state index in [9.17, 15) is 76.3 Å². The van der Waals surface area contributed by atoms with E-state index < -0.39 is 106 Å². The van der Waals surface area contributed by atoms with Crippen molar-refractivity contribution in [2.45, 2.75) is 129 Å². The van der Waals surface area contributed by atoms with Crippen LogP contribution in [0.15, 0.2) is 54.6 Å². The summed E-state index contributed by atoms with van der Waals surface area (Å²) in [5, 5.41) is 27.8. The van der Waals surface area contributed by atoms with E-state index in [4.69, 9.17) is 30.2 Å². The predicted octanol–water partition coefficient (Wildman–Crippen LogP) is 1.81. The number of hydrogen-bond acceptors (Lipinski definition) is 21. The minimum absolute atomic E-state index is 0.0340. The first-order valence-electron chi connectivity index (χ1n) is 27.0. The van der Waals surface area contributed by atoms with Crippen LogP contribution in [-0.2, 0) is 57.4 Å². The Labute approximate surface area is 495 Å². The van der Waals surface area contributed by atoms with Crippen molar-refractivity contribution in [2.75, 3.05) is 30.3 Å². The Morgan fingerprint density at radius 1 is 0.552 bits per heavy atom. The van der Waals surface area contributed by atoms with E-state index in [0.717, 1.165) is 20.8 Å². The number of carboxylic acid groups (broad SMARTS) is 2. The molecule has 0 aromatic heterocycles. The monoisotopic (exact) mass is 1210 g/mol. The molecule has 29 nitrogen and oxygen atoms in total. The molecule has 9 N–H and O–H groups in total. The number of benzene rings is 3. The fourth-order valence-corrected chi connectivity index (χ4v) is 9.30. The summed E-state index contributed by atoms with van der Waals surface area (Å²) in [4.78, 5) is 189. The van der Waals surface area contributed by atoms with Gasteiger partial charge in [-0.15, -0.1) is 0 Å². The minimum atomic E-state index is -1.07. The summed E-state index contributed by atoms with van der Waals surface area (Å²) < 4.78 is 23.9. The van der Waals surface area contributed by atoms with Crippen molar-refractivity contribution in [1.29, 1.82) is 0 Å². The van der Waals surface area contributed by atoms with Crippen LogP contribution in [0, 0.1) is 5.82 Å². The number of ether oxygens (including phenoxy) is 2. The number of halogens is 1. The Morgan fingerprint density at radius 2 is 0.874 bits per heavy atom. The SMILES string of the molecule is CC(C)(C)OC(=O)CCN.CC(C)(C)OC(=O)CCNc1cccc2c1C(=O)N(C1CCC(=O)NC1=O)C2=O.O=C(O)CCNc1cccc2c1C(=O)N(C1CCC(=O)NC1=O)C2=O.O=C1CCC(N2C(=O)c3cccc(F)c3C2=O)C(=O)N1.O=CO. The molecule has 6 aliphatic rings. The summed E-state index contributed by atoms with van der Waals surface area (Å²) >= 11 is 0.